The summed E-state index contributed by atoms with van der Waals surface area (Å²) in [5.74, 6) is 0.811. The number of esters is 1. The molecule has 0 radical (unpaired) electrons. The van der Waals surface area contributed by atoms with E-state index in [0.717, 1.165) is 0 Å². The smallest absolute Gasteiger partial charge is 0.314 e. The highest BCUT2D eigenvalue weighted by atomic mass is 16.5. The Morgan fingerprint density at radius 3 is 2.56 bits per heavy atom. The van der Waals surface area contributed by atoms with E-state index in [1.807, 2.05) is 0 Å². The van der Waals surface area contributed by atoms with Gasteiger partial charge in [-0.15, -0.1) is 0 Å². The van der Waals surface area contributed by atoms with Crippen LogP contribution in [-0.2, 0) is 9.53 Å². The third-order valence-electron chi connectivity index (χ3n) is 2.55. The van der Waals surface area contributed by atoms with Crippen molar-refractivity contribution in [1.82, 2.24) is 0 Å². The van der Waals surface area contributed by atoms with E-state index < -0.39 is 5.41 Å². The minimum Gasteiger partial charge on any atom is -0.497 e. The van der Waals surface area contributed by atoms with Crippen LogP contribution in [0.25, 0.3) is 0 Å². The predicted molar refractivity (Wildman–Crippen MR) is 68.7 cm³/mol. The fraction of sp³-hybridized carbons (Fsp3) is 0.462. The van der Waals surface area contributed by atoms with Crippen LogP contribution in [0.5, 0.6) is 11.5 Å². The summed E-state index contributed by atoms with van der Waals surface area (Å²) < 4.78 is 15.3. The molecule has 0 aliphatic rings. The summed E-state index contributed by atoms with van der Waals surface area (Å²) in [5.41, 5.74) is 5.55. The Balaban J connectivity index is 2.77. The van der Waals surface area contributed by atoms with Gasteiger partial charge in [-0.2, -0.15) is 0 Å². The van der Waals surface area contributed by atoms with Crippen LogP contribution in [-0.4, -0.2) is 26.8 Å². The number of methoxy groups -OCH3 is 2. The highest BCUT2D eigenvalue weighted by Gasteiger charge is 2.30. The van der Waals surface area contributed by atoms with Gasteiger partial charge in [0.1, 0.15) is 18.1 Å². The minimum absolute atomic E-state index is 0.178. The molecule has 1 aromatic rings. The molecule has 0 aromatic heterocycles. The quantitative estimate of drug-likeness (QED) is 0.640. The van der Waals surface area contributed by atoms with Gasteiger partial charge >= 0.3 is 5.97 Å². The number of rotatable bonds is 5. The number of carbonyl (C=O) groups is 1. The second-order valence-corrected chi connectivity index (χ2v) is 4.57. The largest absolute Gasteiger partial charge is 0.497 e. The lowest BCUT2D eigenvalue weighted by molar-refractivity contribution is -0.152. The molecular weight excluding hydrogens is 234 g/mol. The first kappa shape index (κ1) is 14.2. The molecule has 0 aliphatic carbocycles. The maximum Gasteiger partial charge on any atom is 0.314 e. The molecule has 0 atom stereocenters. The maximum absolute atomic E-state index is 11.5. The van der Waals surface area contributed by atoms with E-state index in [1.54, 1.807) is 39.2 Å². The van der Waals surface area contributed by atoms with Crippen molar-refractivity contribution in [2.45, 2.75) is 13.8 Å². The van der Waals surface area contributed by atoms with E-state index >= 15 is 0 Å². The summed E-state index contributed by atoms with van der Waals surface area (Å²) in [6.45, 7) is 3.67. The molecule has 0 fully saturated rings. The van der Waals surface area contributed by atoms with Gasteiger partial charge in [0.2, 0.25) is 0 Å². The lowest BCUT2D eigenvalue weighted by Crippen LogP contribution is -2.32. The standard InChI is InChI=1S/C13H19NO4/c1-13(2,12(15)17-4)8-18-11-7-9(16-3)5-6-10(11)14/h5-7H,8,14H2,1-4H3. The van der Waals surface area contributed by atoms with E-state index in [1.165, 1.54) is 7.11 Å². The van der Waals surface area contributed by atoms with Crippen molar-refractivity contribution in [3.63, 3.8) is 0 Å². The number of ether oxygens (including phenoxy) is 3. The molecule has 100 valence electrons. The first-order valence-electron chi connectivity index (χ1n) is 5.55. The molecule has 5 nitrogen and oxygen atoms in total. The monoisotopic (exact) mass is 253 g/mol. The molecule has 0 spiro atoms. The fourth-order valence-corrected chi connectivity index (χ4v) is 1.36. The molecule has 0 saturated heterocycles. The van der Waals surface area contributed by atoms with Crippen LogP contribution in [0.4, 0.5) is 5.69 Å². The average Bonchev–Trinajstić information content (AvgIpc) is 2.36. The van der Waals surface area contributed by atoms with E-state index in [-0.39, 0.29) is 12.6 Å². The zero-order chi connectivity index (χ0) is 13.8. The summed E-state index contributed by atoms with van der Waals surface area (Å²) in [5, 5.41) is 0. The second kappa shape index (κ2) is 5.62. The van der Waals surface area contributed by atoms with Gasteiger partial charge < -0.3 is 19.9 Å². The number of hydrogen-bond donors (Lipinski definition) is 1. The van der Waals surface area contributed by atoms with Crippen LogP contribution >= 0.6 is 0 Å². The van der Waals surface area contributed by atoms with Crippen molar-refractivity contribution in [3.8, 4) is 11.5 Å². The highest BCUT2D eigenvalue weighted by Crippen LogP contribution is 2.28. The predicted octanol–water partition coefficient (Wildman–Crippen LogP) is 1.86. The van der Waals surface area contributed by atoms with Gasteiger partial charge in [0, 0.05) is 6.07 Å². The molecule has 18 heavy (non-hydrogen) atoms. The van der Waals surface area contributed by atoms with Crippen LogP contribution < -0.4 is 15.2 Å². The Morgan fingerprint density at radius 1 is 1.33 bits per heavy atom. The average molecular weight is 253 g/mol. The van der Waals surface area contributed by atoms with Crippen LogP contribution in [0.1, 0.15) is 13.8 Å². The van der Waals surface area contributed by atoms with Gasteiger partial charge in [0.05, 0.1) is 25.3 Å². The molecule has 5 heteroatoms. The molecule has 2 N–H and O–H groups in total. The van der Waals surface area contributed by atoms with Crippen molar-refractivity contribution in [2.24, 2.45) is 5.41 Å². The van der Waals surface area contributed by atoms with Crippen LogP contribution in [0.3, 0.4) is 0 Å². The zero-order valence-corrected chi connectivity index (χ0v) is 11.1. The molecule has 1 aromatic carbocycles. The number of hydrogen-bond acceptors (Lipinski definition) is 5. The van der Waals surface area contributed by atoms with Crippen molar-refractivity contribution in [1.29, 1.82) is 0 Å². The van der Waals surface area contributed by atoms with Crippen molar-refractivity contribution < 1.29 is 19.0 Å². The van der Waals surface area contributed by atoms with Gasteiger partial charge in [-0.1, -0.05) is 0 Å². The number of nitrogen functional groups attached to an aromatic ring is 1. The van der Waals surface area contributed by atoms with Gasteiger partial charge in [-0.05, 0) is 26.0 Å². The van der Waals surface area contributed by atoms with Gasteiger partial charge in [0.25, 0.3) is 0 Å². The zero-order valence-electron chi connectivity index (χ0n) is 11.1. The lowest BCUT2D eigenvalue weighted by atomic mass is 9.95. The summed E-state index contributed by atoms with van der Waals surface area (Å²) in [6.07, 6.45) is 0. The van der Waals surface area contributed by atoms with Crippen molar-refractivity contribution >= 4 is 11.7 Å². The van der Waals surface area contributed by atoms with Gasteiger partial charge in [-0.3, -0.25) is 4.79 Å². The Kier molecular flexibility index (Phi) is 4.42. The molecule has 0 bridgehead atoms. The van der Waals surface area contributed by atoms with Crippen molar-refractivity contribution in [3.05, 3.63) is 18.2 Å². The maximum atomic E-state index is 11.5. The van der Waals surface area contributed by atoms with Gasteiger partial charge in [0.15, 0.2) is 0 Å². The van der Waals surface area contributed by atoms with E-state index in [4.69, 9.17) is 19.9 Å². The van der Waals surface area contributed by atoms with E-state index in [9.17, 15) is 4.79 Å². The van der Waals surface area contributed by atoms with E-state index in [2.05, 4.69) is 0 Å². The second-order valence-electron chi connectivity index (χ2n) is 4.57. The van der Waals surface area contributed by atoms with Crippen molar-refractivity contribution in [2.75, 3.05) is 26.6 Å². The van der Waals surface area contributed by atoms with Crippen LogP contribution in [0, 0.1) is 5.41 Å². The molecule has 0 saturated carbocycles. The number of benzene rings is 1. The molecule has 0 heterocycles. The number of carbonyl (C=O) groups excluding carboxylic acids is 1. The Bertz CT molecular complexity index is 429. The summed E-state index contributed by atoms with van der Waals surface area (Å²) in [7, 11) is 2.91. The topological polar surface area (TPSA) is 70.8 Å². The van der Waals surface area contributed by atoms with Crippen LogP contribution in [0.2, 0.25) is 0 Å². The molecule has 0 unspecified atom stereocenters. The van der Waals surface area contributed by atoms with Gasteiger partial charge in [-0.25, -0.2) is 0 Å². The highest BCUT2D eigenvalue weighted by molar-refractivity contribution is 5.76. The minimum atomic E-state index is -0.732. The Hall–Kier alpha value is -1.91. The summed E-state index contributed by atoms with van der Waals surface area (Å²) in [6, 6.07) is 5.12. The first-order valence-corrected chi connectivity index (χ1v) is 5.55. The third kappa shape index (κ3) is 3.29. The van der Waals surface area contributed by atoms with Crippen LogP contribution in [0.15, 0.2) is 18.2 Å². The first-order chi connectivity index (χ1) is 8.40. The summed E-state index contributed by atoms with van der Waals surface area (Å²) >= 11 is 0. The number of nitrogens with two attached hydrogens (primary N) is 1. The SMILES string of the molecule is COC(=O)C(C)(C)COc1cc(OC)ccc1N. The fourth-order valence-electron chi connectivity index (χ4n) is 1.36. The molecule has 0 amide bonds. The summed E-state index contributed by atoms with van der Waals surface area (Å²) in [4.78, 5) is 11.5. The van der Waals surface area contributed by atoms with E-state index in [0.29, 0.717) is 17.2 Å². The normalized spacial score (nSPS) is 10.9. The number of anilines is 1. The lowest BCUT2D eigenvalue weighted by Gasteiger charge is -2.22. The molecule has 1 rings (SSSR count). The Morgan fingerprint density at radius 2 is 2.00 bits per heavy atom. The Labute approximate surface area is 107 Å². The molecule has 0 aliphatic heterocycles. The molecular formula is C13H19NO4. The third-order valence-corrected chi connectivity index (χ3v) is 2.55.